The summed E-state index contributed by atoms with van der Waals surface area (Å²) >= 11 is 0. The van der Waals surface area contributed by atoms with Crippen molar-refractivity contribution in [1.29, 1.82) is 0 Å². The standard InChI is InChI=1S/C9H12N4O/c1-3-14-9-5-8-7(4-6(9)10)11-13(2)12-8/h4-5H,3,10H2,1-2H3. The number of fused-ring (bicyclic) bond motifs is 1. The second-order valence-corrected chi connectivity index (χ2v) is 3.00. The quantitative estimate of drug-likeness (QED) is 0.719. The Kier molecular flexibility index (Phi) is 1.99. The van der Waals surface area contributed by atoms with Gasteiger partial charge in [-0.3, -0.25) is 0 Å². The molecular formula is C9H12N4O. The second-order valence-electron chi connectivity index (χ2n) is 3.00. The van der Waals surface area contributed by atoms with Crippen molar-refractivity contribution in [2.45, 2.75) is 6.92 Å². The first-order valence-corrected chi connectivity index (χ1v) is 4.44. The normalized spacial score (nSPS) is 10.7. The van der Waals surface area contributed by atoms with E-state index in [2.05, 4.69) is 10.2 Å². The molecule has 5 heteroatoms. The predicted octanol–water partition coefficient (Wildman–Crippen LogP) is 0.949. The first-order chi connectivity index (χ1) is 6.70. The second kappa shape index (κ2) is 3.17. The van der Waals surface area contributed by atoms with Gasteiger partial charge in [0, 0.05) is 13.1 Å². The van der Waals surface area contributed by atoms with Crippen LogP contribution in [0.5, 0.6) is 5.75 Å². The topological polar surface area (TPSA) is 66.0 Å². The molecule has 1 aromatic heterocycles. The van der Waals surface area contributed by atoms with Gasteiger partial charge in [0.2, 0.25) is 0 Å². The lowest BCUT2D eigenvalue weighted by atomic mass is 10.2. The molecule has 74 valence electrons. The van der Waals surface area contributed by atoms with Gasteiger partial charge < -0.3 is 10.5 Å². The molecule has 0 saturated carbocycles. The minimum Gasteiger partial charge on any atom is -0.492 e. The molecule has 0 fully saturated rings. The van der Waals surface area contributed by atoms with E-state index >= 15 is 0 Å². The van der Waals surface area contributed by atoms with Crippen LogP contribution in [-0.4, -0.2) is 21.6 Å². The summed E-state index contributed by atoms with van der Waals surface area (Å²) in [6, 6.07) is 3.58. The lowest BCUT2D eigenvalue weighted by Crippen LogP contribution is -1.96. The molecule has 1 heterocycles. The summed E-state index contributed by atoms with van der Waals surface area (Å²) < 4.78 is 5.35. The Labute approximate surface area is 81.5 Å². The van der Waals surface area contributed by atoms with E-state index in [1.165, 1.54) is 4.80 Å². The van der Waals surface area contributed by atoms with Crippen molar-refractivity contribution in [3.63, 3.8) is 0 Å². The molecule has 0 amide bonds. The number of ether oxygens (including phenoxy) is 1. The lowest BCUT2D eigenvalue weighted by Gasteiger charge is -2.04. The molecule has 0 bridgehead atoms. The minimum atomic E-state index is 0.593. The Bertz CT molecular complexity index is 463. The highest BCUT2D eigenvalue weighted by Gasteiger charge is 2.06. The smallest absolute Gasteiger partial charge is 0.144 e. The summed E-state index contributed by atoms with van der Waals surface area (Å²) in [7, 11) is 1.77. The monoisotopic (exact) mass is 192 g/mol. The third kappa shape index (κ3) is 1.37. The van der Waals surface area contributed by atoms with Crippen molar-refractivity contribution in [2.75, 3.05) is 12.3 Å². The highest BCUT2D eigenvalue weighted by Crippen LogP contribution is 2.25. The fourth-order valence-corrected chi connectivity index (χ4v) is 1.35. The van der Waals surface area contributed by atoms with Crippen LogP contribution in [0.4, 0.5) is 5.69 Å². The van der Waals surface area contributed by atoms with Gasteiger partial charge >= 0.3 is 0 Å². The summed E-state index contributed by atoms with van der Waals surface area (Å²) in [5, 5.41) is 8.31. The summed E-state index contributed by atoms with van der Waals surface area (Å²) in [6.07, 6.45) is 0. The number of nitrogens with two attached hydrogens (primary N) is 1. The van der Waals surface area contributed by atoms with Crippen molar-refractivity contribution in [3.05, 3.63) is 12.1 Å². The fraction of sp³-hybridized carbons (Fsp3) is 0.333. The first-order valence-electron chi connectivity index (χ1n) is 4.44. The third-order valence-corrected chi connectivity index (χ3v) is 1.91. The van der Waals surface area contributed by atoms with Crippen LogP contribution in [-0.2, 0) is 7.05 Å². The summed E-state index contributed by atoms with van der Waals surface area (Å²) in [5.74, 6) is 0.667. The molecule has 5 nitrogen and oxygen atoms in total. The zero-order valence-electron chi connectivity index (χ0n) is 8.19. The summed E-state index contributed by atoms with van der Waals surface area (Å²) in [4.78, 5) is 1.51. The highest BCUT2D eigenvalue weighted by molar-refractivity contribution is 5.81. The van der Waals surface area contributed by atoms with Gasteiger partial charge in [-0.05, 0) is 13.0 Å². The number of hydrogen-bond donors (Lipinski definition) is 1. The van der Waals surface area contributed by atoms with Gasteiger partial charge in [0.15, 0.2) is 0 Å². The van der Waals surface area contributed by atoms with Crippen LogP contribution in [0.1, 0.15) is 6.92 Å². The van der Waals surface area contributed by atoms with Gasteiger partial charge in [-0.2, -0.15) is 15.0 Å². The first kappa shape index (κ1) is 8.80. The van der Waals surface area contributed by atoms with E-state index in [9.17, 15) is 0 Å². The molecule has 0 radical (unpaired) electrons. The maximum atomic E-state index is 5.78. The molecule has 0 aliphatic rings. The summed E-state index contributed by atoms with van der Waals surface area (Å²) in [5.41, 5.74) is 7.96. The predicted molar refractivity (Wildman–Crippen MR) is 54.1 cm³/mol. The zero-order valence-corrected chi connectivity index (χ0v) is 8.19. The molecule has 0 unspecified atom stereocenters. The van der Waals surface area contributed by atoms with Gasteiger partial charge in [0.25, 0.3) is 0 Å². The zero-order chi connectivity index (χ0) is 10.1. The van der Waals surface area contributed by atoms with Crippen LogP contribution >= 0.6 is 0 Å². The lowest BCUT2D eigenvalue weighted by molar-refractivity contribution is 0.342. The molecule has 2 rings (SSSR count). The van der Waals surface area contributed by atoms with Crippen LogP contribution in [0.2, 0.25) is 0 Å². The van der Waals surface area contributed by atoms with E-state index in [4.69, 9.17) is 10.5 Å². The van der Waals surface area contributed by atoms with Gasteiger partial charge in [0.05, 0.1) is 12.3 Å². The number of rotatable bonds is 2. The Morgan fingerprint density at radius 1 is 1.36 bits per heavy atom. The number of nitrogen functional groups attached to an aromatic ring is 1. The fourth-order valence-electron chi connectivity index (χ4n) is 1.35. The van der Waals surface area contributed by atoms with Crippen molar-refractivity contribution in [3.8, 4) is 5.75 Å². The van der Waals surface area contributed by atoms with Gasteiger partial charge in [-0.15, -0.1) is 0 Å². The molecule has 14 heavy (non-hydrogen) atoms. The Morgan fingerprint density at radius 2 is 2.00 bits per heavy atom. The van der Waals surface area contributed by atoms with Gasteiger partial charge in [-0.25, -0.2) is 0 Å². The minimum absolute atomic E-state index is 0.593. The number of nitrogens with zero attached hydrogens (tertiary/aromatic N) is 3. The number of hydrogen-bond acceptors (Lipinski definition) is 4. The molecule has 0 aliphatic carbocycles. The van der Waals surface area contributed by atoms with Crippen LogP contribution in [0.3, 0.4) is 0 Å². The maximum Gasteiger partial charge on any atom is 0.144 e. The number of aromatic nitrogens is 3. The number of aryl methyl sites for hydroxylation is 1. The van der Waals surface area contributed by atoms with Crippen LogP contribution in [0.15, 0.2) is 12.1 Å². The van der Waals surface area contributed by atoms with E-state index in [1.807, 2.05) is 6.92 Å². The molecule has 2 aromatic rings. The Hall–Kier alpha value is -1.78. The van der Waals surface area contributed by atoms with E-state index in [0.29, 0.717) is 18.0 Å². The van der Waals surface area contributed by atoms with Crippen molar-refractivity contribution in [1.82, 2.24) is 15.0 Å². The molecule has 0 atom stereocenters. The number of anilines is 1. The maximum absolute atomic E-state index is 5.78. The van der Waals surface area contributed by atoms with Crippen molar-refractivity contribution < 1.29 is 4.74 Å². The molecule has 0 aliphatic heterocycles. The van der Waals surface area contributed by atoms with Gasteiger partial charge in [-0.1, -0.05) is 0 Å². The highest BCUT2D eigenvalue weighted by atomic mass is 16.5. The molecule has 1 aromatic carbocycles. The van der Waals surface area contributed by atoms with Crippen LogP contribution < -0.4 is 10.5 Å². The molecule has 2 N–H and O–H groups in total. The van der Waals surface area contributed by atoms with E-state index in [1.54, 1.807) is 19.2 Å². The van der Waals surface area contributed by atoms with Crippen LogP contribution in [0.25, 0.3) is 11.0 Å². The average Bonchev–Trinajstić information content (AvgIpc) is 2.45. The van der Waals surface area contributed by atoms with E-state index < -0.39 is 0 Å². The van der Waals surface area contributed by atoms with Gasteiger partial charge in [0.1, 0.15) is 16.8 Å². The van der Waals surface area contributed by atoms with Crippen molar-refractivity contribution in [2.24, 2.45) is 7.05 Å². The van der Waals surface area contributed by atoms with E-state index in [0.717, 1.165) is 11.0 Å². The number of benzene rings is 1. The van der Waals surface area contributed by atoms with E-state index in [-0.39, 0.29) is 0 Å². The Morgan fingerprint density at radius 3 is 2.64 bits per heavy atom. The Balaban J connectivity index is 2.58. The van der Waals surface area contributed by atoms with Crippen molar-refractivity contribution >= 4 is 16.7 Å². The van der Waals surface area contributed by atoms with Crippen LogP contribution in [0, 0.1) is 0 Å². The SMILES string of the molecule is CCOc1cc2nn(C)nc2cc1N. The third-order valence-electron chi connectivity index (χ3n) is 1.91. The molecular weight excluding hydrogens is 180 g/mol. The average molecular weight is 192 g/mol. The molecule has 0 saturated heterocycles. The largest absolute Gasteiger partial charge is 0.492 e. The molecule has 0 spiro atoms. The summed E-state index contributed by atoms with van der Waals surface area (Å²) in [6.45, 7) is 2.51.